The third-order valence-corrected chi connectivity index (χ3v) is 3.11. The minimum Gasteiger partial charge on any atom is -0.394 e. The van der Waals surface area contributed by atoms with Crippen molar-refractivity contribution in [3.8, 4) is 0 Å². The minimum absolute atomic E-state index is 0.0612. The smallest absolute Gasteiger partial charge is 0.0623 e. The van der Waals surface area contributed by atoms with Crippen LogP contribution in [0.1, 0.15) is 18.5 Å². The lowest BCUT2D eigenvalue weighted by atomic mass is 9.91. The van der Waals surface area contributed by atoms with Gasteiger partial charge in [0.15, 0.2) is 0 Å². The molecule has 1 aromatic rings. The zero-order chi connectivity index (χ0) is 11.4. The van der Waals surface area contributed by atoms with Crippen LogP contribution >= 0.6 is 0 Å². The second-order valence-electron chi connectivity index (χ2n) is 4.66. The Balaban J connectivity index is 1.96. The number of rotatable bonds is 3. The van der Waals surface area contributed by atoms with Gasteiger partial charge in [-0.1, -0.05) is 6.07 Å². The zero-order valence-corrected chi connectivity index (χ0v) is 9.47. The van der Waals surface area contributed by atoms with Crippen molar-refractivity contribution in [1.82, 2.24) is 9.88 Å². The minimum atomic E-state index is -0.424. The van der Waals surface area contributed by atoms with Crippen LogP contribution in [0.15, 0.2) is 24.4 Å². The highest BCUT2D eigenvalue weighted by Crippen LogP contribution is 2.19. The highest BCUT2D eigenvalue weighted by molar-refractivity contribution is 5.04. The molecule has 1 saturated heterocycles. The molecule has 1 aliphatic rings. The maximum atomic E-state index is 9.27. The van der Waals surface area contributed by atoms with Gasteiger partial charge in [0.25, 0.3) is 0 Å². The normalized spacial score (nSPS) is 26.9. The molecule has 0 radical (unpaired) electrons. The Hall–Kier alpha value is -0.970. The first-order valence-corrected chi connectivity index (χ1v) is 5.74. The maximum absolute atomic E-state index is 9.27. The van der Waals surface area contributed by atoms with Gasteiger partial charge in [0.2, 0.25) is 0 Å². The lowest BCUT2D eigenvalue weighted by molar-refractivity contribution is 0.0894. The third kappa shape index (κ3) is 2.78. The number of aliphatic hydroxyl groups excluding tert-OH is 1. The first kappa shape index (κ1) is 11.5. The van der Waals surface area contributed by atoms with Crippen LogP contribution in [0.25, 0.3) is 0 Å². The summed E-state index contributed by atoms with van der Waals surface area (Å²) in [6.45, 7) is 2.67. The van der Waals surface area contributed by atoms with Gasteiger partial charge in [-0.2, -0.15) is 0 Å². The quantitative estimate of drug-likeness (QED) is 0.774. The van der Waals surface area contributed by atoms with Crippen LogP contribution in [0.4, 0.5) is 0 Å². The van der Waals surface area contributed by atoms with E-state index < -0.39 is 5.54 Å². The fourth-order valence-corrected chi connectivity index (χ4v) is 2.24. The van der Waals surface area contributed by atoms with Crippen LogP contribution in [0.5, 0.6) is 0 Å². The molecular weight excluding hydrogens is 202 g/mol. The molecule has 1 atom stereocenters. The number of aromatic nitrogens is 1. The molecule has 1 unspecified atom stereocenters. The molecule has 1 fully saturated rings. The molecule has 0 spiro atoms. The van der Waals surface area contributed by atoms with Crippen LogP contribution in [0.3, 0.4) is 0 Å². The fraction of sp³-hybridized carbons (Fsp3) is 0.583. The van der Waals surface area contributed by atoms with Gasteiger partial charge in [-0.15, -0.1) is 0 Å². The van der Waals surface area contributed by atoms with Crippen molar-refractivity contribution in [3.05, 3.63) is 30.1 Å². The Morgan fingerprint density at radius 2 is 2.38 bits per heavy atom. The Morgan fingerprint density at radius 1 is 1.50 bits per heavy atom. The number of pyridine rings is 1. The van der Waals surface area contributed by atoms with Crippen molar-refractivity contribution in [2.75, 3.05) is 19.7 Å². The van der Waals surface area contributed by atoms with E-state index in [0.29, 0.717) is 0 Å². The molecule has 0 aromatic carbocycles. The summed E-state index contributed by atoms with van der Waals surface area (Å²) in [5, 5.41) is 9.27. The van der Waals surface area contributed by atoms with Gasteiger partial charge in [0.1, 0.15) is 0 Å². The van der Waals surface area contributed by atoms with E-state index in [0.717, 1.165) is 38.2 Å². The van der Waals surface area contributed by atoms with Crippen LogP contribution in [0.2, 0.25) is 0 Å². The van der Waals surface area contributed by atoms with Gasteiger partial charge in [0.05, 0.1) is 17.8 Å². The van der Waals surface area contributed by atoms with Crippen LogP contribution in [0, 0.1) is 0 Å². The lowest BCUT2D eigenvalue weighted by Gasteiger charge is -2.38. The molecule has 0 amide bonds. The van der Waals surface area contributed by atoms with Crippen molar-refractivity contribution >= 4 is 0 Å². The van der Waals surface area contributed by atoms with Gasteiger partial charge in [-0.05, 0) is 31.5 Å². The van der Waals surface area contributed by atoms with Crippen LogP contribution in [-0.2, 0) is 6.54 Å². The average molecular weight is 221 g/mol. The Kier molecular flexibility index (Phi) is 3.53. The van der Waals surface area contributed by atoms with Crippen molar-refractivity contribution < 1.29 is 5.11 Å². The maximum Gasteiger partial charge on any atom is 0.0623 e. The predicted molar refractivity (Wildman–Crippen MR) is 62.8 cm³/mol. The standard InChI is InChI=1S/C12H19N3O/c13-12(10-16)5-3-7-15(9-12)8-11-4-1-2-6-14-11/h1-2,4,6,16H,3,5,7-10,13H2. The summed E-state index contributed by atoms with van der Waals surface area (Å²) in [5.74, 6) is 0. The number of hydrogen-bond donors (Lipinski definition) is 2. The average Bonchev–Trinajstić information content (AvgIpc) is 2.30. The van der Waals surface area contributed by atoms with Gasteiger partial charge in [-0.3, -0.25) is 9.88 Å². The molecule has 1 aliphatic heterocycles. The number of hydrogen-bond acceptors (Lipinski definition) is 4. The highest BCUT2D eigenvalue weighted by Gasteiger charge is 2.30. The monoisotopic (exact) mass is 221 g/mol. The van der Waals surface area contributed by atoms with E-state index in [1.807, 2.05) is 18.2 Å². The number of piperidine rings is 1. The second kappa shape index (κ2) is 4.91. The summed E-state index contributed by atoms with van der Waals surface area (Å²) in [4.78, 5) is 6.57. The van der Waals surface area contributed by atoms with Gasteiger partial charge in [0, 0.05) is 19.3 Å². The molecule has 1 aromatic heterocycles. The molecular formula is C12H19N3O. The molecule has 0 aliphatic carbocycles. The Bertz CT molecular complexity index is 330. The predicted octanol–water partition coefficient (Wildman–Crippen LogP) is 0.367. The molecule has 2 rings (SSSR count). The Morgan fingerprint density at radius 3 is 3.06 bits per heavy atom. The number of nitrogens with two attached hydrogens (primary N) is 1. The van der Waals surface area contributed by atoms with E-state index in [2.05, 4.69) is 9.88 Å². The first-order chi connectivity index (χ1) is 7.72. The van der Waals surface area contributed by atoms with E-state index in [1.165, 1.54) is 0 Å². The Labute approximate surface area is 96.1 Å². The third-order valence-electron chi connectivity index (χ3n) is 3.11. The largest absolute Gasteiger partial charge is 0.394 e. The van der Waals surface area contributed by atoms with Crippen LogP contribution in [-0.4, -0.2) is 40.2 Å². The molecule has 4 nitrogen and oxygen atoms in total. The molecule has 16 heavy (non-hydrogen) atoms. The van der Waals surface area contributed by atoms with E-state index in [9.17, 15) is 5.11 Å². The fourth-order valence-electron chi connectivity index (χ4n) is 2.24. The van der Waals surface area contributed by atoms with Crippen molar-refractivity contribution in [2.24, 2.45) is 5.73 Å². The number of aliphatic hydroxyl groups is 1. The summed E-state index contributed by atoms with van der Waals surface area (Å²) < 4.78 is 0. The van der Waals surface area contributed by atoms with Crippen molar-refractivity contribution in [3.63, 3.8) is 0 Å². The number of likely N-dealkylation sites (tertiary alicyclic amines) is 1. The summed E-state index contributed by atoms with van der Waals surface area (Å²) >= 11 is 0. The number of nitrogens with zero attached hydrogens (tertiary/aromatic N) is 2. The van der Waals surface area contributed by atoms with E-state index in [4.69, 9.17) is 5.73 Å². The molecule has 0 saturated carbocycles. The highest BCUT2D eigenvalue weighted by atomic mass is 16.3. The van der Waals surface area contributed by atoms with E-state index in [-0.39, 0.29) is 6.61 Å². The molecule has 2 heterocycles. The van der Waals surface area contributed by atoms with E-state index >= 15 is 0 Å². The molecule has 0 bridgehead atoms. The molecule has 4 heteroatoms. The molecule has 88 valence electrons. The van der Waals surface area contributed by atoms with Gasteiger partial charge in [-0.25, -0.2) is 0 Å². The summed E-state index contributed by atoms with van der Waals surface area (Å²) in [7, 11) is 0. The van der Waals surface area contributed by atoms with Crippen LogP contribution < -0.4 is 5.73 Å². The van der Waals surface area contributed by atoms with Gasteiger partial charge >= 0.3 is 0 Å². The summed E-state index contributed by atoms with van der Waals surface area (Å²) in [6, 6.07) is 5.93. The van der Waals surface area contributed by atoms with E-state index in [1.54, 1.807) is 6.20 Å². The topological polar surface area (TPSA) is 62.4 Å². The summed E-state index contributed by atoms with van der Waals surface area (Å²) in [5.41, 5.74) is 6.73. The SMILES string of the molecule is NC1(CO)CCCN(Cc2ccccn2)C1. The first-order valence-electron chi connectivity index (χ1n) is 5.74. The molecule has 3 N–H and O–H groups in total. The van der Waals surface area contributed by atoms with Crippen molar-refractivity contribution in [1.29, 1.82) is 0 Å². The summed E-state index contributed by atoms with van der Waals surface area (Å²) in [6.07, 6.45) is 3.76. The van der Waals surface area contributed by atoms with Crippen molar-refractivity contribution in [2.45, 2.75) is 24.9 Å². The lowest BCUT2D eigenvalue weighted by Crippen LogP contribution is -2.56. The zero-order valence-electron chi connectivity index (χ0n) is 9.47. The second-order valence-corrected chi connectivity index (χ2v) is 4.66. The van der Waals surface area contributed by atoms with Gasteiger partial charge < -0.3 is 10.8 Å².